The summed E-state index contributed by atoms with van der Waals surface area (Å²) in [6, 6.07) is 15.7. The van der Waals surface area contributed by atoms with Crippen molar-refractivity contribution in [2.75, 3.05) is 11.1 Å². The first-order chi connectivity index (χ1) is 16.4. The van der Waals surface area contributed by atoms with Crippen LogP contribution in [0.4, 0.5) is 5.69 Å². The lowest BCUT2D eigenvalue weighted by atomic mass is 10.1. The molecule has 0 saturated heterocycles. The third kappa shape index (κ3) is 5.10. The van der Waals surface area contributed by atoms with Crippen molar-refractivity contribution in [3.63, 3.8) is 0 Å². The third-order valence-corrected chi connectivity index (χ3v) is 7.93. The van der Waals surface area contributed by atoms with E-state index in [4.69, 9.17) is 4.98 Å². The van der Waals surface area contributed by atoms with E-state index in [9.17, 15) is 9.59 Å². The number of carbonyl (C=O) groups is 1. The lowest BCUT2D eigenvalue weighted by Crippen LogP contribution is -2.23. The summed E-state index contributed by atoms with van der Waals surface area (Å²) >= 11 is 2.87. The van der Waals surface area contributed by atoms with Crippen LogP contribution < -0.4 is 10.9 Å². The maximum absolute atomic E-state index is 13.7. The van der Waals surface area contributed by atoms with Crippen LogP contribution in [0.25, 0.3) is 15.9 Å². The Kier molecular flexibility index (Phi) is 7.54. The average Bonchev–Trinajstić information content (AvgIpc) is 3.13. The van der Waals surface area contributed by atoms with Crippen molar-refractivity contribution in [3.05, 3.63) is 80.5 Å². The Bertz CT molecular complexity index is 1390. The first kappa shape index (κ1) is 24.2. The lowest BCUT2D eigenvalue weighted by Gasteiger charge is -2.13. The fraction of sp³-hybridized carbons (Fsp3) is 0.296. The molecule has 4 aromatic rings. The molecule has 1 amide bonds. The monoisotopic (exact) mass is 491 g/mol. The second-order valence-electron chi connectivity index (χ2n) is 8.34. The molecular weight excluding hydrogens is 462 g/mol. The molecule has 0 fully saturated rings. The Labute approximate surface area is 208 Å². The zero-order chi connectivity index (χ0) is 24.2. The van der Waals surface area contributed by atoms with Gasteiger partial charge in [0.15, 0.2) is 5.16 Å². The highest BCUT2D eigenvalue weighted by Gasteiger charge is 2.20. The number of benzene rings is 2. The van der Waals surface area contributed by atoms with Crippen LogP contribution in [-0.2, 0) is 17.6 Å². The lowest BCUT2D eigenvalue weighted by molar-refractivity contribution is -0.113. The largest absolute Gasteiger partial charge is 0.325 e. The summed E-state index contributed by atoms with van der Waals surface area (Å²) in [6.45, 7) is 8.25. The van der Waals surface area contributed by atoms with Crippen molar-refractivity contribution in [2.24, 2.45) is 0 Å². The van der Waals surface area contributed by atoms with Crippen molar-refractivity contribution >= 4 is 44.9 Å². The molecule has 176 valence electrons. The Morgan fingerprint density at radius 2 is 1.88 bits per heavy atom. The van der Waals surface area contributed by atoms with Gasteiger partial charge < -0.3 is 5.32 Å². The fourth-order valence-electron chi connectivity index (χ4n) is 3.92. The molecule has 2 aromatic carbocycles. The van der Waals surface area contributed by atoms with Crippen molar-refractivity contribution in [1.29, 1.82) is 0 Å². The number of anilines is 1. The summed E-state index contributed by atoms with van der Waals surface area (Å²) in [5, 5.41) is 4.15. The number of nitrogens with zero attached hydrogens (tertiary/aromatic N) is 2. The molecule has 0 aliphatic heterocycles. The molecule has 2 aromatic heterocycles. The van der Waals surface area contributed by atoms with E-state index in [2.05, 4.69) is 19.2 Å². The normalized spacial score (nSPS) is 11.2. The second kappa shape index (κ2) is 10.6. The minimum atomic E-state index is -0.131. The van der Waals surface area contributed by atoms with Crippen LogP contribution in [0.2, 0.25) is 0 Å². The van der Waals surface area contributed by atoms with Gasteiger partial charge in [-0.05, 0) is 67.6 Å². The van der Waals surface area contributed by atoms with Crippen LogP contribution in [0, 0.1) is 13.8 Å². The number of hydrogen-bond acceptors (Lipinski definition) is 5. The van der Waals surface area contributed by atoms with Gasteiger partial charge in [-0.1, -0.05) is 56.3 Å². The molecule has 0 atom stereocenters. The van der Waals surface area contributed by atoms with Gasteiger partial charge in [0, 0.05) is 10.6 Å². The van der Waals surface area contributed by atoms with E-state index in [1.165, 1.54) is 22.2 Å². The molecule has 0 aliphatic carbocycles. The molecule has 0 saturated carbocycles. The topological polar surface area (TPSA) is 64.0 Å². The van der Waals surface area contributed by atoms with Gasteiger partial charge in [-0.15, -0.1) is 11.3 Å². The summed E-state index contributed by atoms with van der Waals surface area (Å²) in [6.07, 6.45) is 2.90. The van der Waals surface area contributed by atoms with Gasteiger partial charge in [0.2, 0.25) is 5.91 Å². The molecule has 5 nitrogen and oxygen atoms in total. The Morgan fingerprint density at radius 3 is 2.56 bits per heavy atom. The van der Waals surface area contributed by atoms with E-state index in [0.717, 1.165) is 46.6 Å². The maximum Gasteiger partial charge on any atom is 0.267 e. The number of nitrogens with one attached hydrogen (secondary N) is 1. The minimum absolute atomic E-state index is 0.0789. The minimum Gasteiger partial charge on any atom is -0.325 e. The smallest absolute Gasteiger partial charge is 0.267 e. The van der Waals surface area contributed by atoms with E-state index >= 15 is 0 Å². The molecule has 1 N–H and O–H groups in total. The van der Waals surface area contributed by atoms with Crippen LogP contribution in [0.15, 0.2) is 58.5 Å². The van der Waals surface area contributed by atoms with E-state index in [1.54, 1.807) is 15.9 Å². The molecule has 0 bridgehead atoms. The quantitative estimate of drug-likeness (QED) is 0.232. The summed E-state index contributed by atoms with van der Waals surface area (Å²) in [5.74, 6) is 0.0271. The Morgan fingerprint density at radius 1 is 1.12 bits per heavy atom. The number of hydrogen-bond donors (Lipinski definition) is 1. The Hall–Kier alpha value is -2.90. The number of rotatable bonds is 8. The zero-order valence-corrected chi connectivity index (χ0v) is 21.6. The molecule has 4 rings (SSSR count). The molecule has 0 radical (unpaired) electrons. The van der Waals surface area contributed by atoms with Crippen molar-refractivity contribution < 1.29 is 4.79 Å². The van der Waals surface area contributed by atoms with Crippen molar-refractivity contribution in [2.45, 2.75) is 52.1 Å². The average molecular weight is 492 g/mol. The number of amides is 1. The van der Waals surface area contributed by atoms with Gasteiger partial charge in [0.1, 0.15) is 4.83 Å². The summed E-state index contributed by atoms with van der Waals surface area (Å²) < 4.78 is 1.65. The van der Waals surface area contributed by atoms with E-state index in [-0.39, 0.29) is 17.2 Å². The van der Waals surface area contributed by atoms with Crippen LogP contribution in [-0.4, -0.2) is 21.2 Å². The van der Waals surface area contributed by atoms with Crippen LogP contribution in [0.1, 0.15) is 41.8 Å². The fourth-order valence-corrected chi connectivity index (χ4v) is 6.05. The first-order valence-corrected chi connectivity index (χ1v) is 13.3. The standard InChI is InChI=1S/C27H29N3O2S2/c1-5-8-22-18(4)24-25(34-22)29-27(30(26(24)32)21-10-7-9-17(3)15-21)33-16-23(31)28-20-13-11-19(6-2)12-14-20/h7,9-15H,5-6,8,16H2,1-4H3,(H,28,31). The van der Waals surface area contributed by atoms with Gasteiger partial charge in [-0.25, -0.2) is 4.98 Å². The SMILES string of the molecule is CCCc1sc2nc(SCC(=O)Nc3ccc(CC)cc3)n(-c3cccc(C)c3)c(=O)c2c1C. The molecule has 2 heterocycles. The predicted octanol–water partition coefficient (Wildman–Crippen LogP) is 6.31. The summed E-state index contributed by atoms with van der Waals surface area (Å²) in [7, 11) is 0. The van der Waals surface area contributed by atoms with Gasteiger partial charge >= 0.3 is 0 Å². The molecule has 34 heavy (non-hydrogen) atoms. The second-order valence-corrected chi connectivity index (χ2v) is 10.4. The van der Waals surface area contributed by atoms with Gasteiger partial charge in [-0.3, -0.25) is 14.2 Å². The molecular formula is C27H29N3O2S2. The molecule has 0 unspecified atom stereocenters. The van der Waals surface area contributed by atoms with Crippen LogP contribution in [0.3, 0.4) is 0 Å². The highest BCUT2D eigenvalue weighted by atomic mass is 32.2. The molecule has 0 spiro atoms. The van der Waals surface area contributed by atoms with Crippen molar-refractivity contribution in [1.82, 2.24) is 9.55 Å². The van der Waals surface area contributed by atoms with Gasteiger partial charge in [0.25, 0.3) is 5.56 Å². The predicted molar refractivity (Wildman–Crippen MR) is 144 cm³/mol. The maximum atomic E-state index is 13.7. The van der Waals surface area contributed by atoms with E-state index < -0.39 is 0 Å². The molecule has 0 aliphatic rings. The van der Waals surface area contributed by atoms with Crippen LogP contribution in [0.5, 0.6) is 0 Å². The molecule has 7 heteroatoms. The van der Waals surface area contributed by atoms with Crippen LogP contribution >= 0.6 is 23.1 Å². The van der Waals surface area contributed by atoms with Crippen molar-refractivity contribution in [3.8, 4) is 5.69 Å². The highest BCUT2D eigenvalue weighted by Crippen LogP contribution is 2.31. The summed E-state index contributed by atoms with van der Waals surface area (Å²) in [5.41, 5.74) is 4.75. The number of thioether (sulfide) groups is 1. The Balaban J connectivity index is 1.69. The highest BCUT2D eigenvalue weighted by molar-refractivity contribution is 7.99. The number of thiophene rings is 1. The first-order valence-electron chi connectivity index (χ1n) is 11.5. The van der Waals surface area contributed by atoms with E-state index in [1.807, 2.05) is 62.4 Å². The number of fused-ring (bicyclic) bond motifs is 1. The third-order valence-electron chi connectivity index (χ3n) is 5.75. The number of aryl methyl sites for hydroxylation is 4. The summed E-state index contributed by atoms with van der Waals surface area (Å²) in [4.78, 5) is 33.2. The zero-order valence-electron chi connectivity index (χ0n) is 20.0. The number of aromatic nitrogens is 2. The van der Waals surface area contributed by atoms with E-state index in [0.29, 0.717) is 10.5 Å². The van der Waals surface area contributed by atoms with Gasteiger partial charge in [-0.2, -0.15) is 0 Å². The number of carbonyl (C=O) groups excluding carboxylic acids is 1. The van der Waals surface area contributed by atoms with Gasteiger partial charge in [0.05, 0.1) is 16.8 Å².